The molecule has 1 unspecified atom stereocenters. The minimum absolute atomic E-state index is 0. The van der Waals surface area contributed by atoms with Gasteiger partial charge in [-0.05, 0) is 5.56 Å². The molecule has 4 nitrogen and oxygen atoms in total. The summed E-state index contributed by atoms with van der Waals surface area (Å²) in [6.07, 6.45) is 4.20. The molecule has 0 radical (unpaired) electrons. The van der Waals surface area contributed by atoms with Crippen LogP contribution in [0.15, 0.2) is 42.9 Å². The van der Waals surface area contributed by atoms with E-state index in [-0.39, 0.29) is 18.3 Å². The van der Waals surface area contributed by atoms with Crippen LogP contribution in [-0.4, -0.2) is 26.9 Å². The number of carbonyl (C=O) groups is 1. The van der Waals surface area contributed by atoms with Crippen molar-refractivity contribution in [2.75, 3.05) is 6.54 Å². The molecule has 3 rings (SSSR count). The van der Waals surface area contributed by atoms with E-state index in [2.05, 4.69) is 17.1 Å². The first kappa shape index (κ1) is 14.6. The number of benzene rings is 1. The van der Waals surface area contributed by atoms with E-state index in [0.29, 0.717) is 18.9 Å². The summed E-state index contributed by atoms with van der Waals surface area (Å²) < 4.78 is 1.96. The molecule has 1 saturated heterocycles. The average Bonchev–Trinajstić information content (AvgIpc) is 2.99. The molecular weight excluding hydrogens is 274 g/mol. The molecule has 1 fully saturated rings. The minimum atomic E-state index is 0. The summed E-state index contributed by atoms with van der Waals surface area (Å²) in [6, 6.07) is 10.3. The zero-order valence-corrected chi connectivity index (χ0v) is 12.2. The van der Waals surface area contributed by atoms with Crippen LogP contribution >= 0.6 is 12.4 Å². The van der Waals surface area contributed by atoms with Crippen molar-refractivity contribution in [1.82, 2.24) is 14.5 Å². The number of rotatable bonds is 3. The fraction of sp³-hybridized carbons (Fsp3) is 0.333. The lowest BCUT2D eigenvalue weighted by Gasteiger charge is -2.16. The van der Waals surface area contributed by atoms with Gasteiger partial charge in [-0.1, -0.05) is 30.3 Å². The van der Waals surface area contributed by atoms with Gasteiger partial charge in [-0.3, -0.25) is 4.79 Å². The number of likely N-dealkylation sites (tertiary alicyclic amines) is 1. The number of nitrogens with zero attached hydrogens (tertiary/aromatic N) is 3. The Morgan fingerprint density at radius 3 is 2.70 bits per heavy atom. The molecule has 0 N–H and O–H groups in total. The van der Waals surface area contributed by atoms with E-state index in [9.17, 15) is 4.79 Å². The van der Waals surface area contributed by atoms with E-state index < -0.39 is 0 Å². The van der Waals surface area contributed by atoms with E-state index in [0.717, 1.165) is 12.2 Å². The third-order valence-electron chi connectivity index (χ3n) is 3.75. The topological polar surface area (TPSA) is 38.1 Å². The molecule has 2 heterocycles. The Balaban J connectivity index is 0.00000147. The quantitative estimate of drug-likeness (QED) is 0.871. The summed E-state index contributed by atoms with van der Waals surface area (Å²) in [6.45, 7) is 1.45. The molecule has 1 amide bonds. The van der Waals surface area contributed by atoms with Gasteiger partial charge < -0.3 is 9.47 Å². The predicted molar refractivity (Wildman–Crippen MR) is 79.7 cm³/mol. The zero-order valence-electron chi connectivity index (χ0n) is 11.4. The summed E-state index contributed by atoms with van der Waals surface area (Å²) in [5.41, 5.74) is 2.32. The number of imidazole rings is 1. The van der Waals surface area contributed by atoms with Gasteiger partial charge in [0.1, 0.15) is 0 Å². The normalized spacial score (nSPS) is 18.1. The number of aromatic nitrogens is 2. The molecule has 106 valence electrons. The van der Waals surface area contributed by atoms with Gasteiger partial charge in [-0.2, -0.15) is 0 Å². The van der Waals surface area contributed by atoms with Crippen molar-refractivity contribution < 1.29 is 4.79 Å². The SMILES string of the molecule is Cl.Cn1cncc1CN1CC(c2ccccc2)CC1=O. The Hall–Kier alpha value is -1.81. The van der Waals surface area contributed by atoms with Gasteiger partial charge in [0.15, 0.2) is 0 Å². The number of carbonyl (C=O) groups excluding carboxylic acids is 1. The summed E-state index contributed by atoms with van der Waals surface area (Å²) >= 11 is 0. The van der Waals surface area contributed by atoms with Crippen molar-refractivity contribution in [3.8, 4) is 0 Å². The number of aryl methyl sites for hydroxylation is 1. The monoisotopic (exact) mass is 291 g/mol. The van der Waals surface area contributed by atoms with E-state index in [1.54, 1.807) is 6.33 Å². The van der Waals surface area contributed by atoms with Crippen LogP contribution in [-0.2, 0) is 18.4 Å². The van der Waals surface area contributed by atoms with Gasteiger partial charge >= 0.3 is 0 Å². The summed E-state index contributed by atoms with van der Waals surface area (Å²) in [5, 5.41) is 0. The van der Waals surface area contributed by atoms with Crippen molar-refractivity contribution in [1.29, 1.82) is 0 Å². The van der Waals surface area contributed by atoms with Crippen LogP contribution in [0.1, 0.15) is 23.6 Å². The minimum Gasteiger partial charge on any atom is -0.336 e. The number of hydrogen-bond donors (Lipinski definition) is 0. The zero-order chi connectivity index (χ0) is 13.2. The largest absolute Gasteiger partial charge is 0.336 e. The van der Waals surface area contributed by atoms with Crippen LogP contribution in [0.5, 0.6) is 0 Å². The summed E-state index contributed by atoms with van der Waals surface area (Å²) in [7, 11) is 1.96. The number of halogens is 1. The highest BCUT2D eigenvalue weighted by atomic mass is 35.5. The van der Waals surface area contributed by atoms with Gasteiger partial charge in [0.05, 0.1) is 18.6 Å². The van der Waals surface area contributed by atoms with E-state index in [1.807, 2.05) is 40.9 Å². The lowest BCUT2D eigenvalue weighted by molar-refractivity contribution is -0.128. The molecule has 1 aliphatic rings. The molecule has 1 aromatic carbocycles. The van der Waals surface area contributed by atoms with E-state index >= 15 is 0 Å². The Morgan fingerprint density at radius 1 is 1.30 bits per heavy atom. The van der Waals surface area contributed by atoms with Gasteiger partial charge in [0, 0.05) is 32.1 Å². The number of amides is 1. The fourth-order valence-electron chi connectivity index (χ4n) is 2.61. The van der Waals surface area contributed by atoms with Crippen LogP contribution in [0.2, 0.25) is 0 Å². The van der Waals surface area contributed by atoms with E-state index in [4.69, 9.17) is 0 Å². The third kappa shape index (κ3) is 2.85. The molecule has 20 heavy (non-hydrogen) atoms. The van der Waals surface area contributed by atoms with Gasteiger partial charge in [0.2, 0.25) is 5.91 Å². The molecule has 1 atom stereocenters. The van der Waals surface area contributed by atoms with Crippen LogP contribution in [0, 0.1) is 0 Å². The number of hydrogen-bond acceptors (Lipinski definition) is 2. The second-order valence-corrected chi connectivity index (χ2v) is 5.08. The molecule has 2 aromatic rings. The molecule has 0 aliphatic carbocycles. The highest BCUT2D eigenvalue weighted by molar-refractivity contribution is 5.85. The smallest absolute Gasteiger partial charge is 0.223 e. The maximum absolute atomic E-state index is 12.1. The van der Waals surface area contributed by atoms with E-state index in [1.165, 1.54) is 5.56 Å². The molecular formula is C15H18ClN3O. The van der Waals surface area contributed by atoms with Crippen LogP contribution in [0.25, 0.3) is 0 Å². The van der Waals surface area contributed by atoms with Crippen molar-refractivity contribution >= 4 is 18.3 Å². The second-order valence-electron chi connectivity index (χ2n) is 5.08. The maximum atomic E-state index is 12.1. The molecule has 0 spiro atoms. The Bertz CT molecular complexity index is 582. The standard InChI is InChI=1S/C15H17N3O.ClH/c1-17-11-16-8-14(17)10-18-9-13(7-15(18)19)12-5-3-2-4-6-12;/h2-6,8,11,13H,7,9-10H2,1H3;1H. The first-order valence-corrected chi connectivity index (χ1v) is 6.52. The maximum Gasteiger partial charge on any atom is 0.223 e. The van der Waals surface area contributed by atoms with Crippen molar-refractivity contribution in [3.05, 3.63) is 54.1 Å². The highest BCUT2D eigenvalue weighted by Gasteiger charge is 2.30. The summed E-state index contributed by atoms with van der Waals surface area (Å²) in [5.74, 6) is 0.553. The first-order chi connectivity index (χ1) is 9.24. The Labute approximate surface area is 124 Å². The molecule has 1 aromatic heterocycles. The van der Waals surface area contributed by atoms with Crippen molar-refractivity contribution in [2.45, 2.75) is 18.9 Å². The second kappa shape index (κ2) is 6.09. The Kier molecular flexibility index (Phi) is 4.45. The van der Waals surface area contributed by atoms with Crippen molar-refractivity contribution in [2.24, 2.45) is 7.05 Å². The third-order valence-corrected chi connectivity index (χ3v) is 3.75. The van der Waals surface area contributed by atoms with Gasteiger partial charge in [-0.25, -0.2) is 4.98 Å². The van der Waals surface area contributed by atoms with Crippen LogP contribution in [0.4, 0.5) is 0 Å². The molecule has 5 heteroatoms. The Morgan fingerprint density at radius 2 is 2.05 bits per heavy atom. The lowest BCUT2D eigenvalue weighted by Crippen LogP contribution is -2.25. The van der Waals surface area contributed by atoms with Crippen molar-refractivity contribution in [3.63, 3.8) is 0 Å². The molecule has 0 saturated carbocycles. The predicted octanol–water partition coefficient (Wildman–Crippen LogP) is 2.36. The van der Waals surface area contributed by atoms with Gasteiger partial charge in [0.25, 0.3) is 0 Å². The average molecular weight is 292 g/mol. The van der Waals surface area contributed by atoms with Gasteiger partial charge in [-0.15, -0.1) is 12.4 Å². The van der Waals surface area contributed by atoms with Crippen LogP contribution < -0.4 is 0 Å². The molecule has 1 aliphatic heterocycles. The lowest BCUT2D eigenvalue weighted by atomic mass is 9.99. The molecule has 0 bridgehead atoms. The first-order valence-electron chi connectivity index (χ1n) is 6.52. The summed E-state index contributed by atoms with van der Waals surface area (Å²) in [4.78, 5) is 18.1. The fourth-order valence-corrected chi connectivity index (χ4v) is 2.61. The van der Waals surface area contributed by atoms with Crippen LogP contribution in [0.3, 0.4) is 0 Å². The highest BCUT2D eigenvalue weighted by Crippen LogP contribution is 2.28.